The maximum absolute atomic E-state index is 9.88. The van der Waals surface area contributed by atoms with Crippen LogP contribution in [0.15, 0.2) is 0 Å². The van der Waals surface area contributed by atoms with Crippen molar-refractivity contribution in [3.05, 3.63) is 0 Å². The first-order chi connectivity index (χ1) is 11.9. The Kier molecular flexibility index (Phi) is 11.4. The fourth-order valence-corrected chi connectivity index (χ4v) is 21.2. The lowest BCUT2D eigenvalue weighted by molar-refractivity contribution is 0.0241. The van der Waals surface area contributed by atoms with E-state index in [1.54, 1.807) is 0 Å². The topological polar surface area (TPSA) is 60.4 Å². The number of hydrogen-bond donors (Lipinski definition) is 1. The quantitative estimate of drug-likeness (QED) is 0.317. The molecule has 1 N–H and O–H groups in total. The molecular formula is C17H45NO5Si4. The SMILES string of the molecule is CN(C)CC(O)COCCC[Si](C)(O[Si](C)(C)C)O[Si](C)(C)O[Si](C)(C)C. The van der Waals surface area contributed by atoms with Crippen molar-refractivity contribution in [2.24, 2.45) is 0 Å². The molecule has 164 valence electrons. The minimum atomic E-state index is -2.35. The van der Waals surface area contributed by atoms with Gasteiger partial charge in [-0.05, 0) is 85.5 Å². The molecule has 2 atom stereocenters. The minimum Gasteiger partial charge on any atom is -0.437 e. The van der Waals surface area contributed by atoms with Crippen LogP contribution in [0.2, 0.25) is 65.0 Å². The van der Waals surface area contributed by atoms with Crippen LogP contribution in [0.3, 0.4) is 0 Å². The van der Waals surface area contributed by atoms with E-state index in [2.05, 4.69) is 58.9 Å². The molecule has 10 heteroatoms. The zero-order valence-corrected chi connectivity index (χ0v) is 23.6. The van der Waals surface area contributed by atoms with Crippen LogP contribution >= 0.6 is 0 Å². The molecule has 2 unspecified atom stereocenters. The average Bonchev–Trinajstić information content (AvgIpc) is 2.30. The van der Waals surface area contributed by atoms with E-state index in [4.69, 9.17) is 17.1 Å². The molecule has 0 aromatic heterocycles. The summed E-state index contributed by atoms with van der Waals surface area (Å²) in [5.41, 5.74) is 0. The Balaban J connectivity index is 4.71. The van der Waals surface area contributed by atoms with Gasteiger partial charge < -0.3 is 27.1 Å². The number of aliphatic hydroxyl groups excluding tert-OH is 1. The van der Waals surface area contributed by atoms with Crippen LogP contribution in [0.5, 0.6) is 0 Å². The molecule has 0 spiro atoms. The summed E-state index contributed by atoms with van der Waals surface area (Å²) >= 11 is 0. The molecule has 0 amide bonds. The van der Waals surface area contributed by atoms with E-state index in [1.807, 2.05) is 19.0 Å². The average molecular weight is 456 g/mol. The maximum atomic E-state index is 9.88. The Morgan fingerprint density at radius 3 is 1.78 bits per heavy atom. The monoisotopic (exact) mass is 455 g/mol. The van der Waals surface area contributed by atoms with Gasteiger partial charge in [0.2, 0.25) is 0 Å². The molecule has 0 aliphatic rings. The first-order valence-corrected chi connectivity index (χ1v) is 22.1. The van der Waals surface area contributed by atoms with Crippen molar-refractivity contribution in [3.63, 3.8) is 0 Å². The minimum absolute atomic E-state index is 0.366. The van der Waals surface area contributed by atoms with Crippen molar-refractivity contribution in [2.45, 2.75) is 77.5 Å². The molecule has 0 bridgehead atoms. The predicted molar refractivity (Wildman–Crippen MR) is 124 cm³/mol. The molecule has 6 nitrogen and oxygen atoms in total. The lowest BCUT2D eigenvalue weighted by Crippen LogP contribution is -2.56. The second kappa shape index (κ2) is 11.1. The van der Waals surface area contributed by atoms with E-state index >= 15 is 0 Å². The van der Waals surface area contributed by atoms with Gasteiger partial charge in [0.05, 0.1) is 12.7 Å². The van der Waals surface area contributed by atoms with Gasteiger partial charge in [-0.15, -0.1) is 0 Å². The van der Waals surface area contributed by atoms with Crippen molar-refractivity contribution in [1.82, 2.24) is 4.90 Å². The Bertz CT molecular complexity index is 427. The van der Waals surface area contributed by atoms with Crippen LogP contribution in [-0.2, 0) is 17.1 Å². The number of nitrogens with zero attached hydrogens (tertiary/aromatic N) is 1. The van der Waals surface area contributed by atoms with Gasteiger partial charge in [0.15, 0.2) is 16.6 Å². The van der Waals surface area contributed by atoms with Crippen LogP contribution in [0.4, 0.5) is 0 Å². The van der Waals surface area contributed by atoms with Gasteiger partial charge in [0.1, 0.15) is 0 Å². The number of likely N-dealkylation sites (N-methyl/N-ethyl adjacent to an activating group) is 1. The molecule has 0 heterocycles. The summed E-state index contributed by atoms with van der Waals surface area (Å²) in [5, 5.41) is 9.88. The van der Waals surface area contributed by atoms with E-state index in [9.17, 15) is 5.11 Å². The highest BCUT2D eigenvalue weighted by Gasteiger charge is 2.44. The fourth-order valence-electron chi connectivity index (χ4n) is 3.24. The van der Waals surface area contributed by atoms with E-state index in [1.165, 1.54) is 0 Å². The Hall–Kier alpha value is 0.628. The number of rotatable bonds is 14. The van der Waals surface area contributed by atoms with Crippen LogP contribution in [0, 0.1) is 0 Å². The number of ether oxygens (including phenoxy) is 1. The molecule has 0 radical (unpaired) electrons. The zero-order chi connectivity index (χ0) is 21.5. The first-order valence-electron chi connectivity index (χ1n) is 9.94. The summed E-state index contributed by atoms with van der Waals surface area (Å²) in [5.74, 6) is 0. The van der Waals surface area contributed by atoms with Crippen molar-refractivity contribution in [2.75, 3.05) is 33.9 Å². The van der Waals surface area contributed by atoms with Crippen LogP contribution < -0.4 is 0 Å². The second-order valence-corrected chi connectivity index (χ2v) is 26.6. The summed E-state index contributed by atoms with van der Waals surface area (Å²) in [6, 6.07) is 0.881. The van der Waals surface area contributed by atoms with E-state index in [0.29, 0.717) is 19.8 Å². The Morgan fingerprint density at radius 1 is 0.815 bits per heavy atom. The standard InChI is InChI=1S/C17H45NO5Si4/c1-18(2)15-17(19)16-20-13-12-14-27(11,22-25(6,7)8)23-26(9,10)21-24(3,4)5/h17,19H,12-16H2,1-11H3. The summed E-state index contributed by atoms with van der Waals surface area (Å²) in [7, 11) is -4.10. The van der Waals surface area contributed by atoms with Gasteiger partial charge in [-0.2, -0.15) is 0 Å². The Morgan fingerprint density at radius 2 is 1.33 bits per heavy atom. The maximum Gasteiger partial charge on any atom is 0.315 e. The largest absolute Gasteiger partial charge is 0.437 e. The highest BCUT2D eigenvalue weighted by molar-refractivity contribution is 6.89. The van der Waals surface area contributed by atoms with Gasteiger partial charge in [-0.25, -0.2) is 0 Å². The van der Waals surface area contributed by atoms with Crippen LogP contribution in [0.25, 0.3) is 0 Å². The third-order valence-electron chi connectivity index (χ3n) is 3.34. The predicted octanol–water partition coefficient (Wildman–Crippen LogP) is 3.81. The zero-order valence-electron chi connectivity index (χ0n) is 19.6. The molecule has 0 aliphatic heterocycles. The van der Waals surface area contributed by atoms with Gasteiger partial charge in [-0.3, -0.25) is 0 Å². The molecule has 0 saturated carbocycles. The van der Waals surface area contributed by atoms with Crippen molar-refractivity contribution < 1.29 is 22.2 Å². The molecule has 27 heavy (non-hydrogen) atoms. The van der Waals surface area contributed by atoms with E-state index in [-0.39, 0.29) is 0 Å². The summed E-state index contributed by atoms with van der Waals surface area (Å²) < 4.78 is 25.3. The molecule has 0 rings (SSSR count). The van der Waals surface area contributed by atoms with E-state index < -0.39 is 39.9 Å². The van der Waals surface area contributed by atoms with Crippen LogP contribution in [-0.4, -0.2) is 83.7 Å². The fraction of sp³-hybridized carbons (Fsp3) is 1.00. The normalized spacial score (nSPS) is 17.2. The van der Waals surface area contributed by atoms with Crippen molar-refractivity contribution in [1.29, 1.82) is 0 Å². The third-order valence-corrected chi connectivity index (χ3v) is 16.9. The highest BCUT2D eigenvalue weighted by Crippen LogP contribution is 2.27. The Labute approximate surface area is 172 Å². The summed E-state index contributed by atoms with van der Waals surface area (Å²) in [4.78, 5) is 1.96. The number of hydrogen-bond acceptors (Lipinski definition) is 6. The smallest absolute Gasteiger partial charge is 0.315 e. The van der Waals surface area contributed by atoms with Gasteiger partial charge in [0, 0.05) is 13.2 Å². The van der Waals surface area contributed by atoms with Gasteiger partial charge >= 0.3 is 17.1 Å². The molecular weight excluding hydrogens is 411 g/mol. The lowest BCUT2D eigenvalue weighted by atomic mass is 10.3. The molecule has 0 aliphatic carbocycles. The second-order valence-electron chi connectivity index (χ2n) is 10.2. The van der Waals surface area contributed by atoms with E-state index in [0.717, 1.165) is 12.5 Å². The van der Waals surface area contributed by atoms with Gasteiger partial charge in [-0.1, -0.05) is 0 Å². The highest BCUT2D eigenvalue weighted by atomic mass is 28.5. The van der Waals surface area contributed by atoms with Crippen LogP contribution in [0.1, 0.15) is 6.42 Å². The molecule has 0 saturated heterocycles. The number of aliphatic hydroxyl groups is 1. The van der Waals surface area contributed by atoms with Crippen molar-refractivity contribution in [3.8, 4) is 0 Å². The molecule has 0 aromatic rings. The lowest BCUT2D eigenvalue weighted by Gasteiger charge is -2.41. The third kappa shape index (κ3) is 16.1. The summed E-state index contributed by atoms with van der Waals surface area (Å²) in [6.07, 6.45) is 0.425. The van der Waals surface area contributed by atoms with Gasteiger partial charge in [0.25, 0.3) is 0 Å². The summed E-state index contributed by atoms with van der Waals surface area (Å²) in [6.45, 7) is 21.3. The molecule has 0 fully saturated rings. The molecule has 0 aromatic carbocycles. The van der Waals surface area contributed by atoms with Crippen molar-refractivity contribution >= 4 is 33.8 Å². The first kappa shape index (κ1) is 27.6.